The summed E-state index contributed by atoms with van der Waals surface area (Å²) in [6, 6.07) is 0. The van der Waals surface area contributed by atoms with Gasteiger partial charge in [-0.15, -0.1) is 0 Å². The van der Waals surface area contributed by atoms with Crippen LogP contribution in [0.25, 0.3) is 6.08 Å². The summed E-state index contributed by atoms with van der Waals surface area (Å²) in [6.07, 6.45) is 5.05. The number of H-pyrrole nitrogens is 1. The van der Waals surface area contributed by atoms with E-state index in [0.29, 0.717) is 11.3 Å². The molecule has 0 aliphatic carbocycles. The lowest BCUT2D eigenvalue weighted by Gasteiger charge is -2.03. The van der Waals surface area contributed by atoms with Gasteiger partial charge in [-0.25, -0.2) is 0 Å². The van der Waals surface area contributed by atoms with Gasteiger partial charge in [-0.1, -0.05) is 18.7 Å². The zero-order valence-corrected chi connectivity index (χ0v) is 8.60. The number of nitrogens with one attached hydrogen (secondary N) is 1. The van der Waals surface area contributed by atoms with Crippen molar-refractivity contribution < 1.29 is 0 Å². The van der Waals surface area contributed by atoms with Crippen LogP contribution in [-0.2, 0) is 0 Å². The number of hydrogen-bond donors (Lipinski definition) is 2. The molecule has 1 aromatic heterocycles. The maximum atomic E-state index is 11.5. The molecule has 0 bridgehead atoms. The molecule has 0 saturated carbocycles. The Bertz CT molecular complexity index is 496. The van der Waals surface area contributed by atoms with Crippen molar-refractivity contribution in [3.63, 3.8) is 0 Å². The summed E-state index contributed by atoms with van der Waals surface area (Å²) in [4.78, 5) is 14.3. The molecule has 5 heteroatoms. The van der Waals surface area contributed by atoms with Crippen molar-refractivity contribution in [2.45, 2.75) is 6.92 Å². The number of aromatic amines is 1. The van der Waals surface area contributed by atoms with Crippen LogP contribution in [0.4, 0.5) is 0 Å². The van der Waals surface area contributed by atoms with Crippen LogP contribution in [0.5, 0.6) is 0 Å². The quantitative estimate of drug-likeness (QED) is 0.436. The number of rotatable bonds is 2. The lowest BCUT2D eigenvalue weighted by Crippen LogP contribution is -2.31. The second kappa shape index (κ2) is 4.06. The molecule has 0 radical (unpaired) electrons. The highest BCUT2D eigenvalue weighted by Gasteiger charge is 2.02. The van der Waals surface area contributed by atoms with Crippen molar-refractivity contribution in [1.82, 2.24) is 9.66 Å². The minimum absolute atomic E-state index is 0.198. The Hall–Kier alpha value is -1.62. The van der Waals surface area contributed by atoms with Gasteiger partial charge in [0.1, 0.15) is 0 Å². The molecule has 0 amide bonds. The van der Waals surface area contributed by atoms with Crippen LogP contribution < -0.4 is 11.4 Å². The lowest BCUT2D eigenvalue weighted by atomic mass is 10.2. The second-order valence-electron chi connectivity index (χ2n) is 2.74. The summed E-state index contributed by atoms with van der Waals surface area (Å²) < 4.78 is 1.11. The highest BCUT2D eigenvalue weighted by molar-refractivity contribution is 7.71. The van der Waals surface area contributed by atoms with Gasteiger partial charge in [0, 0.05) is 11.3 Å². The normalized spacial score (nSPS) is 10.6. The first-order valence-corrected chi connectivity index (χ1v) is 4.39. The molecule has 0 spiro atoms. The molecule has 0 atom stereocenters. The van der Waals surface area contributed by atoms with Crippen LogP contribution in [0.15, 0.2) is 23.5 Å². The summed E-state index contributed by atoms with van der Waals surface area (Å²) in [6.45, 7) is 5.21. The highest BCUT2D eigenvalue weighted by atomic mass is 32.1. The van der Waals surface area contributed by atoms with Crippen molar-refractivity contribution in [3.05, 3.63) is 45.1 Å². The van der Waals surface area contributed by atoms with E-state index in [2.05, 4.69) is 11.6 Å². The molecule has 0 unspecified atom stereocenters. The largest absolute Gasteiger partial charge is 0.334 e. The first kappa shape index (κ1) is 10.5. The first-order chi connectivity index (χ1) is 6.57. The standard InChI is InChI=1S/C9H11N3OS/c1-3-4-5-7-6(2)8(13)12(10)9(14)11-7/h3-5H,1,10H2,2H3,(H,11,14). The maximum absolute atomic E-state index is 11.5. The van der Waals surface area contributed by atoms with Crippen LogP contribution >= 0.6 is 12.2 Å². The van der Waals surface area contributed by atoms with E-state index in [0.717, 1.165) is 4.68 Å². The third-order valence-corrected chi connectivity index (χ3v) is 2.10. The van der Waals surface area contributed by atoms with Crippen LogP contribution in [0.1, 0.15) is 11.3 Å². The number of nitrogens with zero attached hydrogens (tertiary/aromatic N) is 1. The van der Waals surface area contributed by atoms with Crippen molar-refractivity contribution in [3.8, 4) is 0 Å². The van der Waals surface area contributed by atoms with Gasteiger partial charge in [-0.2, -0.15) is 4.68 Å². The average Bonchev–Trinajstić information content (AvgIpc) is 2.18. The number of allylic oxidation sites excluding steroid dienone is 2. The number of nitrogens with two attached hydrogens (primary N) is 1. The molecule has 1 heterocycles. The Kier molecular flexibility index (Phi) is 3.03. The molecule has 0 fully saturated rings. The minimum Gasteiger partial charge on any atom is -0.334 e. The van der Waals surface area contributed by atoms with Crippen LogP contribution in [-0.4, -0.2) is 9.66 Å². The molecule has 1 aromatic rings. The second-order valence-corrected chi connectivity index (χ2v) is 3.13. The predicted octanol–water partition coefficient (Wildman–Crippen LogP) is 1.13. The Balaban J connectivity index is 3.48. The van der Waals surface area contributed by atoms with Gasteiger partial charge in [0.05, 0.1) is 0 Å². The molecule has 0 aliphatic heterocycles. The van der Waals surface area contributed by atoms with E-state index in [-0.39, 0.29) is 10.3 Å². The van der Waals surface area contributed by atoms with E-state index in [1.807, 2.05) is 0 Å². The Morgan fingerprint density at radius 1 is 1.64 bits per heavy atom. The highest BCUT2D eigenvalue weighted by Crippen LogP contribution is 2.00. The summed E-state index contributed by atoms with van der Waals surface area (Å²) in [5.41, 5.74) is 0.887. The average molecular weight is 209 g/mol. The van der Waals surface area contributed by atoms with Crippen molar-refractivity contribution in [2.24, 2.45) is 0 Å². The van der Waals surface area contributed by atoms with Gasteiger partial charge >= 0.3 is 0 Å². The monoisotopic (exact) mass is 209 g/mol. The molecule has 0 aliphatic rings. The van der Waals surface area contributed by atoms with E-state index in [1.54, 1.807) is 25.2 Å². The van der Waals surface area contributed by atoms with Gasteiger partial charge in [0.2, 0.25) is 0 Å². The van der Waals surface area contributed by atoms with Crippen molar-refractivity contribution >= 4 is 18.3 Å². The smallest absolute Gasteiger partial charge is 0.276 e. The molecular formula is C9H11N3OS. The molecule has 74 valence electrons. The van der Waals surface area contributed by atoms with E-state index in [4.69, 9.17) is 18.1 Å². The van der Waals surface area contributed by atoms with Crippen molar-refractivity contribution in [1.29, 1.82) is 0 Å². The molecular weight excluding hydrogens is 198 g/mol. The van der Waals surface area contributed by atoms with Crippen LogP contribution in [0.2, 0.25) is 0 Å². The van der Waals surface area contributed by atoms with Crippen LogP contribution in [0, 0.1) is 11.7 Å². The van der Waals surface area contributed by atoms with E-state index >= 15 is 0 Å². The Morgan fingerprint density at radius 2 is 2.29 bits per heavy atom. The molecule has 14 heavy (non-hydrogen) atoms. The van der Waals surface area contributed by atoms with Gasteiger partial charge in [-0.3, -0.25) is 4.79 Å². The summed E-state index contributed by atoms with van der Waals surface area (Å²) in [7, 11) is 0. The minimum atomic E-state index is -0.294. The summed E-state index contributed by atoms with van der Waals surface area (Å²) in [5.74, 6) is 5.40. The van der Waals surface area contributed by atoms with E-state index in [1.165, 1.54) is 0 Å². The third kappa shape index (κ3) is 1.82. The maximum Gasteiger partial charge on any atom is 0.276 e. The fourth-order valence-corrected chi connectivity index (χ4v) is 1.18. The van der Waals surface area contributed by atoms with Gasteiger partial charge < -0.3 is 10.8 Å². The fraction of sp³-hybridized carbons (Fsp3) is 0.111. The fourth-order valence-electron chi connectivity index (χ4n) is 0.988. The topological polar surface area (TPSA) is 63.8 Å². The van der Waals surface area contributed by atoms with E-state index < -0.39 is 0 Å². The predicted molar refractivity (Wildman–Crippen MR) is 60.0 cm³/mol. The number of nitrogen functional groups attached to an aromatic ring is 1. The van der Waals surface area contributed by atoms with Gasteiger partial charge in [-0.05, 0) is 25.2 Å². The lowest BCUT2D eigenvalue weighted by molar-refractivity contribution is 0.848. The number of aromatic nitrogens is 2. The molecule has 1 rings (SSSR count). The first-order valence-electron chi connectivity index (χ1n) is 3.98. The van der Waals surface area contributed by atoms with Gasteiger partial charge in [0.25, 0.3) is 5.56 Å². The third-order valence-electron chi connectivity index (χ3n) is 1.80. The summed E-state index contributed by atoms with van der Waals surface area (Å²) in [5, 5.41) is 0. The van der Waals surface area contributed by atoms with E-state index in [9.17, 15) is 4.79 Å². The Morgan fingerprint density at radius 3 is 2.86 bits per heavy atom. The zero-order valence-electron chi connectivity index (χ0n) is 7.78. The number of hydrogen-bond acceptors (Lipinski definition) is 3. The van der Waals surface area contributed by atoms with Crippen LogP contribution in [0.3, 0.4) is 0 Å². The SMILES string of the molecule is C=CC=Cc1[nH]c(=S)n(N)c(=O)c1C. The molecule has 3 N–H and O–H groups in total. The summed E-state index contributed by atoms with van der Waals surface area (Å²) >= 11 is 4.86. The molecule has 4 nitrogen and oxygen atoms in total. The molecule has 0 saturated heterocycles. The van der Waals surface area contributed by atoms with Gasteiger partial charge in [0.15, 0.2) is 4.77 Å². The Labute approximate surface area is 86.4 Å². The molecule has 0 aromatic carbocycles. The van der Waals surface area contributed by atoms with Crippen molar-refractivity contribution in [2.75, 3.05) is 5.84 Å². The zero-order chi connectivity index (χ0) is 10.7.